The number of nitrogens with zero attached hydrogens (tertiary/aromatic N) is 1. The Balaban J connectivity index is 1.63. The quantitative estimate of drug-likeness (QED) is 0.782. The second-order valence-corrected chi connectivity index (χ2v) is 8.40. The molecule has 1 heterocycles. The Labute approximate surface area is 129 Å². The van der Waals surface area contributed by atoms with Crippen LogP contribution >= 0.6 is 0 Å². The van der Waals surface area contributed by atoms with Gasteiger partial charge in [-0.15, -0.1) is 0 Å². The Morgan fingerprint density at radius 1 is 1.24 bits per heavy atom. The molecule has 0 bridgehead atoms. The first kappa shape index (κ1) is 15.5. The summed E-state index contributed by atoms with van der Waals surface area (Å²) in [7, 11) is 0. The van der Waals surface area contributed by atoms with Crippen molar-refractivity contribution in [2.75, 3.05) is 19.7 Å². The minimum Gasteiger partial charge on any atom is -0.375 e. The normalized spacial score (nSPS) is 38.5. The smallest absolute Gasteiger partial charge is 0.137 e. The van der Waals surface area contributed by atoms with E-state index in [1.54, 1.807) is 0 Å². The van der Waals surface area contributed by atoms with E-state index in [2.05, 4.69) is 25.7 Å². The summed E-state index contributed by atoms with van der Waals surface area (Å²) >= 11 is 0. The number of Topliss-reactive ketones (excluding diaryl/α,β-unsaturated/α-hetero) is 1. The molecule has 3 aliphatic rings. The lowest BCUT2D eigenvalue weighted by Gasteiger charge is -2.42. The molecule has 0 aromatic rings. The van der Waals surface area contributed by atoms with Crippen LogP contribution in [-0.2, 0) is 9.53 Å². The number of morpholine rings is 1. The highest BCUT2D eigenvalue weighted by atomic mass is 16.5. The highest BCUT2D eigenvalue weighted by Gasteiger charge is 2.40. The van der Waals surface area contributed by atoms with Crippen LogP contribution in [0, 0.1) is 17.3 Å². The summed E-state index contributed by atoms with van der Waals surface area (Å²) in [5.41, 5.74) is 0.333. The Morgan fingerprint density at radius 3 is 2.81 bits per heavy atom. The molecule has 1 aliphatic heterocycles. The molecule has 4 unspecified atom stereocenters. The molecule has 2 aliphatic carbocycles. The Kier molecular flexibility index (Phi) is 4.42. The average molecular weight is 293 g/mol. The lowest BCUT2D eigenvalue weighted by molar-refractivity contribution is -0.129. The van der Waals surface area contributed by atoms with Crippen LogP contribution in [0.4, 0.5) is 0 Å². The molecule has 0 radical (unpaired) electrons. The Hall–Kier alpha value is -0.410. The number of carbonyl (C=O) groups is 1. The summed E-state index contributed by atoms with van der Waals surface area (Å²) < 4.78 is 5.90. The molecule has 21 heavy (non-hydrogen) atoms. The number of rotatable bonds is 2. The summed E-state index contributed by atoms with van der Waals surface area (Å²) in [5.74, 6) is 1.47. The molecule has 120 valence electrons. The predicted octanol–water partition coefficient (Wildman–Crippen LogP) is 3.27. The molecule has 0 spiro atoms. The van der Waals surface area contributed by atoms with Gasteiger partial charge in [-0.1, -0.05) is 20.8 Å². The zero-order chi connectivity index (χ0) is 15.0. The predicted molar refractivity (Wildman–Crippen MR) is 84.2 cm³/mol. The number of carbonyl (C=O) groups excluding carboxylic acids is 1. The van der Waals surface area contributed by atoms with Gasteiger partial charge < -0.3 is 4.74 Å². The van der Waals surface area contributed by atoms with Crippen molar-refractivity contribution in [2.45, 2.75) is 71.4 Å². The van der Waals surface area contributed by atoms with Crippen molar-refractivity contribution < 1.29 is 9.53 Å². The van der Waals surface area contributed by atoms with Gasteiger partial charge in [-0.2, -0.15) is 0 Å². The van der Waals surface area contributed by atoms with E-state index in [0.717, 1.165) is 39.0 Å². The van der Waals surface area contributed by atoms with Crippen molar-refractivity contribution in [3.8, 4) is 0 Å². The van der Waals surface area contributed by atoms with Gasteiger partial charge in [0, 0.05) is 31.5 Å². The van der Waals surface area contributed by atoms with Crippen molar-refractivity contribution >= 4 is 5.78 Å². The zero-order valence-corrected chi connectivity index (χ0v) is 13.9. The second kappa shape index (κ2) is 6.00. The van der Waals surface area contributed by atoms with Crippen LogP contribution < -0.4 is 0 Å². The Morgan fingerprint density at radius 2 is 2.05 bits per heavy atom. The van der Waals surface area contributed by atoms with Crippen molar-refractivity contribution in [2.24, 2.45) is 17.3 Å². The summed E-state index contributed by atoms with van der Waals surface area (Å²) in [4.78, 5) is 15.0. The molecular weight excluding hydrogens is 262 g/mol. The number of fused-ring (bicyclic) bond motifs is 1. The van der Waals surface area contributed by atoms with Crippen molar-refractivity contribution in [1.29, 1.82) is 0 Å². The van der Waals surface area contributed by atoms with Crippen molar-refractivity contribution in [3.05, 3.63) is 0 Å². The first-order chi connectivity index (χ1) is 9.95. The molecule has 3 rings (SSSR count). The van der Waals surface area contributed by atoms with Gasteiger partial charge >= 0.3 is 0 Å². The lowest BCUT2D eigenvalue weighted by Crippen LogP contribution is -2.51. The summed E-state index contributed by atoms with van der Waals surface area (Å²) in [6.45, 7) is 9.83. The van der Waals surface area contributed by atoms with Crippen LogP contribution in [0.3, 0.4) is 0 Å². The molecular formula is C18H31NO2. The fourth-order valence-electron chi connectivity index (χ4n) is 4.59. The third-order valence-corrected chi connectivity index (χ3v) is 6.04. The maximum absolute atomic E-state index is 12.4. The van der Waals surface area contributed by atoms with Crippen LogP contribution in [0.25, 0.3) is 0 Å². The average Bonchev–Trinajstić information content (AvgIpc) is 2.89. The van der Waals surface area contributed by atoms with E-state index in [9.17, 15) is 4.79 Å². The van der Waals surface area contributed by atoms with Crippen LogP contribution in [0.1, 0.15) is 59.3 Å². The third kappa shape index (κ3) is 3.34. The maximum atomic E-state index is 12.4. The summed E-state index contributed by atoms with van der Waals surface area (Å²) in [6, 6.07) is 0.585. The standard InChI is InChI=1S/C18H31NO2/c1-18(2,3)14-7-8-16(20)13(11-14)12-19-9-10-21-17-6-4-5-15(17)19/h13-15,17H,4-12H2,1-3H3. The fraction of sp³-hybridized carbons (Fsp3) is 0.944. The largest absolute Gasteiger partial charge is 0.375 e. The molecule has 1 saturated heterocycles. The second-order valence-electron chi connectivity index (χ2n) is 8.40. The van der Waals surface area contributed by atoms with E-state index in [0.29, 0.717) is 29.3 Å². The molecule has 2 saturated carbocycles. The van der Waals surface area contributed by atoms with Crippen molar-refractivity contribution in [1.82, 2.24) is 4.90 Å². The molecule has 0 aromatic heterocycles. The van der Waals surface area contributed by atoms with Gasteiger partial charge in [0.25, 0.3) is 0 Å². The van der Waals surface area contributed by atoms with Crippen LogP contribution in [-0.4, -0.2) is 42.5 Å². The Bertz CT molecular complexity index is 387. The molecule has 3 fully saturated rings. The number of ether oxygens (including phenoxy) is 1. The topological polar surface area (TPSA) is 29.5 Å². The number of hydrogen-bond donors (Lipinski definition) is 0. The minimum atomic E-state index is 0.266. The molecule has 3 nitrogen and oxygen atoms in total. The number of hydrogen-bond acceptors (Lipinski definition) is 3. The lowest BCUT2D eigenvalue weighted by atomic mass is 9.68. The van der Waals surface area contributed by atoms with Gasteiger partial charge in [0.15, 0.2) is 0 Å². The highest BCUT2D eigenvalue weighted by Crippen LogP contribution is 2.40. The maximum Gasteiger partial charge on any atom is 0.137 e. The monoisotopic (exact) mass is 293 g/mol. The van der Waals surface area contributed by atoms with Gasteiger partial charge in [0.05, 0.1) is 12.7 Å². The molecule has 4 atom stereocenters. The first-order valence-electron chi connectivity index (χ1n) is 8.83. The van der Waals surface area contributed by atoms with Gasteiger partial charge in [0.2, 0.25) is 0 Å². The molecule has 0 N–H and O–H groups in total. The molecule has 0 amide bonds. The van der Waals surface area contributed by atoms with Crippen LogP contribution in [0.5, 0.6) is 0 Å². The van der Waals surface area contributed by atoms with Crippen LogP contribution in [0.2, 0.25) is 0 Å². The van der Waals surface area contributed by atoms with Gasteiger partial charge in [-0.25, -0.2) is 0 Å². The summed E-state index contributed by atoms with van der Waals surface area (Å²) in [5, 5.41) is 0. The highest BCUT2D eigenvalue weighted by molar-refractivity contribution is 5.82. The van der Waals surface area contributed by atoms with E-state index in [4.69, 9.17) is 4.74 Å². The van der Waals surface area contributed by atoms with E-state index < -0.39 is 0 Å². The fourth-order valence-corrected chi connectivity index (χ4v) is 4.59. The SMILES string of the molecule is CC(C)(C)C1CCC(=O)C(CN2CCOC3CCCC32)C1. The third-order valence-electron chi connectivity index (χ3n) is 6.04. The van der Waals surface area contributed by atoms with Crippen molar-refractivity contribution in [3.63, 3.8) is 0 Å². The van der Waals surface area contributed by atoms with Gasteiger partial charge in [-0.3, -0.25) is 9.69 Å². The zero-order valence-electron chi connectivity index (χ0n) is 13.9. The van der Waals surface area contributed by atoms with E-state index >= 15 is 0 Å². The first-order valence-corrected chi connectivity index (χ1v) is 8.83. The molecule has 0 aromatic carbocycles. The van der Waals surface area contributed by atoms with E-state index in [1.165, 1.54) is 19.3 Å². The molecule has 3 heteroatoms. The minimum absolute atomic E-state index is 0.266. The van der Waals surface area contributed by atoms with Crippen LogP contribution in [0.15, 0.2) is 0 Å². The number of ketones is 1. The summed E-state index contributed by atoms with van der Waals surface area (Å²) in [6.07, 6.45) is 7.18. The van der Waals surface area contributed by atoms with E-state index in [-0.39, 0.29) is 5.92 Å². The van der Waals surface area contributed by atoms with E-state index in [1.807, 2.05) is 0 Å². The van der Waals surface area contributed by atoms with Gasteiger partial charge in [-0.05, 0) is 43.4 Å². The van der Waals surface area contributed by atoms with Gasteiger partial charge in [0.1, 0.15) is 5.78 Å².